The Bertz CT molecular complexity index is 691. The van der Waals surface area contributed by atoms with Crippen molar-refractivity contribution in [2.75, 3.05) is 5.32 Å². The summed E-state index contributed by atoms with van der Waals surface area (Å²) in [5, 5.41) is 14.8. The van der Waals surface area contributed by atoms with Gasteiger partial charge in [-0.05, 0) is 57.2 Å². The van der Waals surface area contributed by atoms with Crippen LogP contribution in [-0.2, 0) is 0 Å². The third kappa shape index (κ3) is 4.32. The number of nitrogens with zero attached hydrogens (tertiary/aromatic N) is 2. The fraction of sp³-hybridized carbons (Fsp3) is 0.235. The molecular weight excluding hydrogens is 276 g/mol. The zero-order valence-electron chi connectivity index (χ0n) is 12.8. The maximum atomic E-state index is 12.0. The van der Waals surface area contributed by atoms with Crippen molar-refractivity contribution in [2.24, 2.45) is 0 Å². The van der Waals surface area contributed by atoms with Crippen LogP contribution in [0.2, 0.25) is 0 Å². The number of nitriles is 1. The van der Waals surface area contributed by atoms with Gasteiger partial charge in [0.2, 0.25) is 0 Å². The number of benzene rings is 1. The highest BCUT2D eigenvalue weighted by Crippen LogP contribution is 2.16. The van der Waals surface area contributed by atoms with Crippen LogP contribution in [0.5, 0.6) is 0 Å². The standard InChI is InChI=1S/C17H18N4O/c1-17(2,3)21-16(22)15-9-8-14(11-19-15)20-13-6-4-12(10-18)5-7-13/h4-9,11,20H,1-3H3,(H,21,22). The Kier molecular flexibility index (Phi) is 4.42. The van der Waals surface area contributed by atoms with Gasteiger partial charge in [0, 0.05) is 11.2 Å². The molecule has 0 saturated heterocycles. The minimum Gasteiger partial charge on any atom is -0.354 e. The lowest BCUT2D eigenvalue weighted by Crippen LogP contribution is -2.40. The molecule has 0 aliphatic heterocycles. The van der Waals surface area contributed by atoms with Gasteiger partial charge in [0.1, 0.15) is 5.69 Å². The summed E-state index contributed by atoms with van der Waals surface area (Å²) in [5.74, 6) is -0.197. The number of hydrogen-bond acceptors (Lipinski definition) is 4. The van der Waals surface area contributed by atoms with Crippen molar-refractivity contribution in [1.82, 2.24) is 10.3 Å². The Hall–Kier alpha value is -2.87. The molecule has 1 aromatic carbocycles. The molecule has 22 heavy (non-hydrogen) atoms. The minimum atomic E-state index is -0.293. The average molecular weight is 294 g/mol. The molecule has 0 unspecified atom stereocenters. The van der Waals surface area contributed by atoms with Crippen LogP contribution in [0.3, 0.4) is 0 Å². The van der Waals surface area contributed by atoms with Gasteiger partial charge in [0.15, 0.2) is 0 Å². The van der Waals surface area contributed by atoms with Gasteiger partial charge in [-0.1, -0.05) is 0 Å². The van der Waals surface area contributed by atoms with Crippen LogP contribution in [0.4, 0.5) is 11.4 Å². The number of pyridine rings is 1. The van der Waals surface area contributed by atoms with Crippen LogP contribution in [-0.4, -0.2) is 16.4 Å². The first-order valence-electron chi connectivity index (χ1n) is 6.93. The Labute approximate surface area is 130 Å². The predicted molar refractivity (Wildman–Crippen MR) is 85.9 cm³/mol. The summed E-state index contributed by atoms with van der Waals surface area (Å²) in [4.78, 5) is 16.1. The van der Waals surface area contributed by atoms with Crippen molar-refractivity contribution < 1.29 is 4.79 Å². The lowest BCUT2D eigenvalue weighted by atomic mass is 10.1. The Morgan fingerprint density at radius 3 is 2.23 bits per heavy atom. The monoisotopic (exact) mass is 294 g/mol. The fourth-order valence-corrected chi connectivity index (χ4v) is 1.80. The molecule has 0 radical (unpaired) electrons. The van der Waals surface area contributed by atoms with Crippen molar-refractivity contribution in [2.45, 2.75) is 26.3 Å². The van der Waals surface area contributed by atoms with Crippen LogP contribution in [0, 0.1) is 11.3 Å². The minimum absolute atomic E-state index is 0.197. The molecule has 5 nitrogen and oxygen atoms in total. The first kappa shape index (κ1) is 15.5. The summed E-state index contributed by atoms with van der Waals surface area (Å²) in [7, 11) is 0. The van der Waals surface area contributed by atoms with Crippen molar-refractivity contribution >= 4 is 17.3 Å². The SMILES string of the molecule is CC(C)(C)NC(=O)c1ccc(Nc2ccc(C#N)cc2)cn1. The zero-order valence-corrected chi connectivity index (χ0v) is 12.8. The molecule has 2 N–H and O–H groups in total. The van der Waals surface area contributed by atoms with E-state index in [4.69, 9.17) is 5.26 Å². The van der Waals surface area contributed by atoms with E-state index >= 15 is 0 Å². The maximum absolute atomic E-state index is 12.0. The van der Waals surface area contributed by atoms with Gasteiger partial charge in [0.05, 0.1) is 23.5 Å². The largest absolute Gasteiger partial charge is 0.354 e. The molecule has 2 aromatic rings. The van der Waals surface area contributed by atoms with Crippen molar-refractivity contribution in [3.8, 4) is 6.07 Å². The second-order valence-electron chi connectivity index (χ2n) is 5.95. The summed E-state index contributed by atoms with van der Waals surface area (Å²) < 4.78 is 0. The lowest BCUT2D eigenvalue weighted by Gasteiger charge is -2.20. The van der Waals surface area contributed by atoms with E-state index in [1.807, 2.05) is 32.9 Å². The Balaban J connectivity index is 2.05. The predicted octanol–water partition coefficient (Wildman–Crippen LogP) is 3.23. The van der Waals surface area contributed by atoms with Crippen LogP contribution < -0.4 is 10.6 Å². The van der Waals surface area contributed by atoms with E-state index in [1.54, 1.807) is 30.5 Å². The normalized spacial score (nSPS) is 10.6. The number of nitrogens with one attached hydrogen (secondary N) is 2. The van der Waals surface area contributed by atoms with E-state index in [2.05, 4.69) is 21.7 Å². The van der Waals surface area contributed by atoms with Crippen LogP contribution in [0.1, 0.15) is 36.8 Å². The topological polar surface area (TPSA) is 77.8 Å². The highest BCUT2D eigenvalue weighted by Gasteiger charge is 2.15. The quantitative estimate of drug-likeness (QED) is 0.911. The number of rotatable bonds is 3. The van der Waals surface area contributed by atoms with Crippen LogP contribution >= 0.6 is 0 Å². The Morgan fingerprint density at radius 1 is 1.09 bits per heavy atom. The summed E-state index contributed by atoms with van der Waals surface area (Å²) in [6, 6.07) is 12.7. The molecule has 0 fully saturated rings. The number of hydrogen-bond donors (Lipinski definition) is 2. The molecule has 0 bridgehead atoms. The molecule has 112 valence electrons. The molecule has 1 aromatic heterocycles. The zero-order chi connectivity index (χ0) is 16.2. The molecule has 1 amide bonds. The third-order valence-electron chi connectivity index (χ3n) is 2.79. The van der Waals surface area contributed by atoms with E-state index in [0.717, 1.165) is 11.4 Å². The van der Waals surface area contributed by atoms with Crippen molar-refractivity contribution in [1.29, 1.82) is 5.26 Å². The van der Waals surface area contributed by atoms with Crippen LogP contribution in [0.25, 0.3) is 0 Å². The Morgan fingerprint density at radius 2 is 1.73 bits per heavy atom. The van der Waals surface area contributed by atoms with E-state index in [-0.39, 0.29) is 11.4 Å². The summed E-state index contributed by atoms with van der Waals surface area (Å²) in [5.41, 5.74) is 2.32. The highest BCUT2D eigenvalue weighted by atomic mass is 16.2. The van der Waals surface area contributed by atoms with Gasteiger partial charge in [-0.15, -0.1) is 0 Å². The lowest BCUT2D eigenvalue weighted by molar-refractivity contribution is 0.0914. The van der Waals surface area contributed by atoms with Crippen molar-refractivity contribution in [3.05, 3.63) is 53.9 Å². The van der Waals surface area contributed by atoms with Gasteiger partial charge in [-0.25, -0.2) is 4.98 Å². The highest BCUT2D eigenvalue weighted by molar-refractivity contribution is 5.92. The average Bonchev–Trinajstić information content (AvgIpc) is 2.47. The molecule has 0 spiro atoms. The first-order chi connectivity index (χ1) is 10.4. The molecule has 0 saturated carbocycles. The summed E-state index contributed by atoms with van der Waals surface area (Å²) >= 11 is 0. The van der Waals surface area contributed by atoms with E-state index in [0.29, 0.717) is 11.3 Å². The van der Waals surface area contributed by atoms with Gasteiger partial charge in [-0.3, -0.25) is 4.79 Å². The first-order valence-corrected chi connectivity index (χ1v) is 6.93. The van der Waals surface area contributed by atoms with Gasteiger partial charge in [-0.2, -0.15) is 5.26 Å². The van der Waals surface area contributed by atoms with E-state index < -0.39 is 0 Å². The molecule has 0 aliphatic rings. The number of amides is 1. The maximum Gasteiger partial charge on any atom is 0.270 e. The van der Waals surface area contributed by atoms with E-state index in [1.165, 1.54) is 0 Å². The second-order valence-corrected chi connectivity index (χ2v) is 5.95. The number of aromatic nitrogens is 1. The molecule has 1 heterocycles. The number of carbonyl (C=O) groups excluding carboxylic acids is 1. The smallest absolute Gasteiger partial charge is 0.270 e. The van der Waals surface area contributed by atoms with Crippen LogP contribution in [0.15, 0.2) is 42.6 Å². The summed E-state index contributed by atoms with van der Waals surface area (Å²) in [6.45, 7) is 5.77. The number of carbonyl (C=O) groups is 1. The molecule has 5 heteroatoms. The van der Waals surface area contributed by atoms with E-state index in [9.17, 15) is 4.79 Å². The van der Waals surface area contributed by atoms with Gasteiger partial charge >= 0.3 is 0 Å². The second kappa shape index (κ2) is 6.27. The van der Waals surface area contributed by atoms with Gasteiger partial charge in [0.25, 0.3) is 5.91 Å². The number of anilines is 2. The molecule has 2 rings (SSSR count). The summed E-state index contributed by atoms with van der Waals surface area (Å²) in [6.07, 6.45) is 1.61. The molecule has 0 atom stereocenters. The van der Waals surface area contributed by atoms with Gasteiger partial charge < -0.3 is 10.6 Å². The fourth-order valence-electron chi connectivity index (χ4n) is 1.80. The molecule has 0 aliphatic carbocycles. The third-order valence-corrected chi connectivity index (χ3v) is 2.79. The van der Waals surface area contributed by atoms with Crippen molar-refractivity contribution in [3.63, 3.8) is 0 Å². The molecular formula is C17H18N4O.